The molecule has 8 heteroatoms. The summed E-state index contributed by atoms with van der Waals surface area (Å²) in [5, 5.41) is 2.90. The van der Waals surface area contributed by atoms with E-state index in [0.29, 0.717) is 5.06 Å². The van der Waals surface area contributed by atoms with Crippen molar-refractivity contribution in [2.75, 3.05) is 0 Å². The molecule has 1 aliphatic rings. The number of alkyl carbamates (subject to hydrolysis) is 1. The first-order valence-electron chi connectivity index (χ1n) is 8.23. The zero-order valence-electron chi connectivity index (χ0n) is 15.0. The molecule has 1 fully saturated rings. The number of carbonyl (C=O) groups is 4. The van der Waals surface area contributed by atoms with Gasteiger partial charge in [-0.1, -0.05) is 51.1 Å². The fraction of sp³-hybridized carbons (Fsp3) is 0.444. The summed E-state index contributed by atoms with van der Waals surface area (Å²) in [5.41, 5.74) is 0.0695. The Kier molecular flexibility index (Phi) is 5.97. The number of rotatable bonds is 5. The summed E-state index contributed by atoms with van der Waals surface area (Å²) >= 11 is 0. The predicted octanol–water partition coefficient (Wildman–Crippen LogP) is 1.93. The lowest BCUT2D eigenvalue weighted by molar-refractivity contribution is -0.200. The molecule has 0 bridgehead atoms. The quantitative estimate of drug-likeness (QED) is 0.803. The Labute approximate surface area is 151 Å². The van der Waals surface area contributed by atoms with Crippen molar-refractivity contribution in [1.82, 2.24) is 10.4 Å². The minimum atomic E-state index is -1.10. The molecule has 3 amide bonds. The van der Waals surface area contributed by atoms with Crippen molar-refractivity contribution in [3.63, 3.8) is 0 Å². The van der Waals surface area contributed by atoms with E-state index in [1.807, 2.05) is 18.2 Å². The second-order valence-corrected chi connectivity index (χ2v) is 7.00. The number of hydroxylamine groups is 2. The second-order valence-electron chi connectivity index (χ2n) is 7.00. The summed E-state index contributed by atoms with van der Waals surface area (Å²) in [6.45, 7) is 5.18. The first kappa shape index (κ1) is 19.4. The van der Waals surface area contributed by atoms with Crippen molar-refractivity contribution < 1.29 is 28.8 Å². The Hall–Kier alpha value is -2.90. The number of imide groups is 1. The van der Waals surface area contributed by atoms with Gasteiger partial charge in [0, 0.05) is 12.8 Å². The SMILES string of the molecule is CC(C)(C)[C@H](NC(=O)OCc1ccccc1)C(=O)ON1C(=O)CCC1=O. The topological polar surface area (TPSA) is 102 Å². The molecule has 0 aromatic heterocycles. The molecule has 1 saturated heterocycles. The van der Waals surface area contributed by atoms with Crippen molar-refractivity contribution in [2.45, 2.75) is 46.3 Å². The summed E-state index contributed by atoms with van der Waals surface area (Å²) in [6, 6.07) is 7.97. The number of ether oxygens (including phenoxy) is 1. The Bertz CT molecular complexity index is 679. The molecule has 0 spiro atoms. The number of nitrogens with zero attached hydrogens (tertiary/aromatic N) is 1. The Morgan fingerprint density at radius 2 is 1.69 bits per heavy atom. The number of carbonyl (C=O) groups excluding carboxylic acids is 4. The highest BCUT2D eigenvalue weighted by Gasteiger charge is 2.39. The minimum absolute atomic E-state index is 0.00115. The minimum Gasteiger partial charge on any atom is -0.445 e. The van der Waals surface area contributed by atoms with Crippen molar-refractivity contribution in [3.8, 4) is 0 Å². The van der Waals surface area contributed by atoms with Gasteiger partial charge in [0.05, 0.1) is 0 Å². The second kappa shape index (κ2) is 7.99. The molecule has 1 aliphatic heterocycles. The number of hydrogen-bond donors (Lipinski definition) is 1. The first-order chi connectivity index (χ1) is 12.2. The van der Waals surface area contributed by atoms with Crippen LogP contribution in [0.2, 0.25) is 0 Å². The average Bonchev–Trinajstić information content (AvgIpc) is 2.89. The molecule has 1 N–H and O–H groups in total. The normalized spacial score (nSPS) is 15.6. The van der Waals surface area contributed by atoms with Gasteiger partial charge in [-0.3, -0.25) is 9.59 Å². The van der Waals surface area contributed by atoms with Crippen LogP contribution in [0.4, 0.5) is 4.79 Å². The van der Waals surface area contributed by atoms with Gasteiger partial charge in [-0.05, 0) is 11.0 Å². The van der Waals surface area contributed by atoms with Crippen LogP contribution in [0.25, 0.3) is 0 Å². The predicted molar refractivity (Wildman–Crippen MR) is 90.2 cm³/mol. The maximum absolute atomic E-state index is 12.4. The van der Waals surface area contributed by atoms with Gasteiger partial charge in [0.15, 0.2) is 0 Å². The summed E-state index contributed by atoms with van der Waals surface area (Å²) in [7, 11) is 0. The highest BCUT2D eigenvalue weighted by atomic mass is 16.7. The van der Waals surface area contributed by atoms with E-state index in [0.717, 1.165) is 5.56 Å². The Morgan fingerprint density at radius 3 is 2.23 bits per heavy atom. The highest BCUT2D eigenvalue weighted by molar-refractivity contribution is 6.01. The molecule has 1 aromatic carbocycles. The van der Waals surface area contributed by atoms with Crippen LogP contribution in [0.1, 0.15) is 39.2 Å². The van der Waals surface area contributed by atoms with E-state index in [-0.39, 0.29) is 19.4 Å². The fourth-order valence-corrected chi connectivity index (χ4v) is 2.31. The van der Waals surface area contributed by atoms with E-state index in [1.165, 1.54) is 0 Å². The number of benzene rings is 1. The maximum atomic E-state index is 12.4. The third-order valence-corrected chi connectivity index (χ3v) is 3.76. The molecule has 1 atom stereocenters. The van der Waals surface area contributed by atoms with Gasteiger partial charge in [0.25, 0.3) is 11.8 Å². The van der Waals surface area contributed by atoms with E-state index in [2.05, 4.69) is 5.32 Å². The van der Waals surface area contributed by atoms with Crippen molar-refractivity contribution in [2.24, 2.45) is 5.41 Å². The van der Waals surface area contributed by atoms with Crippen LogP contribution in [0.15, 0.2) is 30.3 Å². The summed E-state index contributed by atoms with van der Waals surface area (Å²) in [6.07, 6.45) is -0.803. The van der Waals surface area contributed by atoms with E-state index in [9.17, 15) is 19.2 Å². The number of nitrogens with one attached hydrogen (secondary N) is 1. The van der Waals surface area contributed by atoms with Gasteiger partial charge in [-0.2, -0.15) is 0 Å². The smallest absolute Gasteiger partial charge is 0.408 e. The van der Waals surface area contributed by atoms with E-state index in [1.54, 1.807) is 32.9 Å². The average molecular weight is 362 g/mol. The lowest BCUT2D eigenvalue weighted by atomic mass is 9.87. The molecule has 26 heavy (non-hydrogen) atoms. The largest absolute Gasteiger partial charge is 0.445 e. The van der Waals surface area contributed by atoms with Gasteiger partial charge in [0.2, 0.25) is 0 Å². The molecular formula is C18H22N2O6. The van der Waals surface area contributed by atoms with Crippen LogP contribution in [0.3, 0.4) is 0 Å². The zero-order chi connectivity index (χ0) is 19.3. The lowest BCUT2D eigenvalue weighted by Gasteiger charge is -2.29. The first-order valence-corrected chi connectivity index (χ1v) is 8.23. The van der Waals surface area contributed by atoms with Gasteiger partial charge >= 0.3 is 12.1 Å². The van der Waals surface area contributed by atoms with Crippen LogP contribution >= 0.6 is 0 Å². The fourth-order valence-electron chi connectivity index (χ4n) is 2.31. The Morgan fingerprint density at radius 1 is 1.12 bits per heavy atom. The van der Waals surface area contributed by atoms with E-state index >= 15 is 0 Å². The van der Waals surface area contributed by atoms with Gasteiger partial charge < -0.3 is 14.9 Å². The molecule has 0 aliphatic carbocycles. The number of hydrogen-bond acceptors (Lipinski definition) is 6. The summed E-state index contributed by atoms with van der Waals surface area (Å²) in [4.78, 5) is 52.6. The van der Waals surface area contributed by atoms with Gasteiger partial charge in [0.1, 0.15) is 12.6 Å². The molecule has 8 nitrogen and oxygen atoms in total. The van der Waals surface area contributed by atoms with Crippen molar-refractivity contribution in [1.29, 1.82) is 0 Å². The molecule has 2 rings (SSSR count). The lowest BCUT2D eigenvalue weighted by Crippen LogP contribution is -2.52. The standard InChI is InChI=1S/C18H22N2O6/c1-18(2,3)15(16(23)26-20-13(21)9-10-14(20)22)19-17(24)25-11-12-7-5-4-6-8-12/h4-8,15H,9-11H2,1-3H3,(H,19,24)/t15-/m1/s1. The Balaban J connectivity index is 1.98. The molecular weight excluding hydrogens is 340 g/mol. The molecule has 0 saturated carbocycles. The van der Waals surface area contributed by atoms with Crippen LogP contribution in [-0.2, 0) is 30.6 Å². The monoisotopic (exact) mass is 362 g/mol. The van der Waals surface area contributed by atoms with Crippen molar-refractivity contribution in [3.05, 3.63) is 35.9 Å². The molecule has 1 heterocycles. The van der Waals surface area contributed by atoms with Gasteiger partial charge in [-0.15, -0.1) is 5.06 Å². The zero-order valence-corrected chi connectivity index (χ0v) is 15.0. The summed E-state index contributed by atoms with van der Waals surface area (Å²) in [5.74, 6) is -2.07. The molecule has 0 unspecified atom stereocenters. The van der Waals surface area contributed by atoms with E-state index < -0.39 is 35.3 Å². The summed E-state index contributed by atoms with van der Waals surface area (Å²) < 4.78 is 5.11. The third-order valence-electron chi connectivity index (χ3n) is 3.76. The van der Waals surface area contributed by atoms with Crippen molar-refractivity contribution >= 4 is 23.9 Å². The van der Waals surface area contributed by atoms with E-state index in [4.69, 9.17) is 9.57 Å². The van der Waals surface area contributed by atoms with Crippen LogP contribution < -0.4 is 5.32 Å². The third kappa shape index (κ3) is 5.05. The van der Waals surface area contributed by atoms with Gasteiger partial charge in [-0.25, -0.2) is 9.59 Å². The maximum Gasteiger partial charge on any atom is 0.408 e. The van der Waals surface area contributed by atoms with Crippen LogP contribution in [0, 0.1) is 5.41 Å². The van der Waals surface area contributed by atoms with Crippen LogP contribution in [0.5, 0.6) is 0 Å². The highest BCUT2D eigenvalue weighted by Crippen LogP contribution is 2.22. The number of amides is 3. The molecule has 0 radical (unpaired) electrons. The molecule has 140 valence electrons. The van der Waals surface area contributed by atoms with Crippen LogP contribution in [-0.4, -0.2) is 35.0 Å². The molecule has 1 aromatic rings.